The Morgan fingerprint density at radius 3 is 2.74 bits per heavy atom. The van der Waals surface area contributed by atoms with Crippen LogP contribution in [0.1, 0.15) is 6.42 Å². The highest BCUT2D eigenvalue weighted by Gasteiger charge is 2.50. The number of alkyl halides is 1. The molecule has 122 valence electrons. The van der Waals surface area contributed by atoms with E-state index in [2.05, 4.69) is 0 Å². The lowest BCUT2D eigenvalue weighted by molar-refractivity contribution is -0.122. The molecule has 0 aromatic heterocycles. The second kappa shape index (κ2) is 6.01. The van der Waals surface area contributed by atoms with E-state index >= 15 is 0 Å². The fourth-order valence-corrected chi connectivity index (χ4v) is 2.58. The maximum atomic E-state index is 14.1. The largest absolute Gasteiger partial charge is 0.465 e. The van der Waals surface area contributed by atoms with Crippen LogP contribution in [-0.2, 0) is 4.79 Å². The minimum Gasteiger partial charge on any atom is -0.465 e. The zero-order valence-electron chi connectivity index (χ0n) is 12.0. The molecule has 1 heterocycles. The van der Waals surface area contributed by atoms with Crippen molar-refractivity contribution in [2.24, 2.45) is 0 Å². The Bertz CT molecular complexity index is 709. The first-order valence-electron chi connectivity index (χ1n) is 6.51. The van der Waals surface area contributed by atoms with Gasteiger partial charge in [-0.05, 0) is 18.2 Å². The van der Waals surface area contributed by atoms with Crippen LogP contribution in [0.3, 0.4) is 0 Å². The van der Waals surface area contributed by atoms with Crippen molar-refractivity contribution >= 4 is 29.3 Å². The Labute approximate surface area is 135 Å². The zero-order valence-corrected chi connectivity index (χ0v) is 12.7. The number of carboxylic acid groups (broad SMARTS) is 1. The highest BCUT2D eigenvalue weighted by atomic mass is 35.5. The van der Waals surface area contributed by atoms with Crippen molar-refractivity contribution in [2.75, 3.05) is 18.5 Å². The second-order valence-corrected chi connectivity index (χ2v) is 5.61. The third kappa shape index (κ3) is 3.19. The summed E-state index contributed by atoms with van der Waals surface area (Å²) in [4.78, 5) is 25.3. The van der Waals surface area contributed by atoms with E-state index in [0.29, 0.717) is 4.90 Å². The molecule has 1 aliphatic rings. The maximum absolute atomic E-state index is 14.1. The van der Waals surface area contributed by atoms with Crippen molar-refractivity contribution in [3.8, 4) is 6.07 Å². The third-order valence-corrected chi connectivity index (χ3v) is 3.96. The molecule has 9 heteroatoms. The summed E-state index contributed by atoms with van der Waals surface area (Å²) in [5.74, 6) is -1.40. The van der Waals surface area contributed by atoms with Crippen molar-refractivity contribution in [1.29, 1.82) is 5.26 Å². The molecule has 2 rings (SSSR count). The van der Waals surface area contributed by atoms with Crippen LogP contribution < -0.4 is 4.90 Å². The summed E-state index contributed by atoms with van der Waals surface area (Å²) < 4.78 is 27.3. The van der Waals surface area contributed by atoms with Crippen LogP contribution in [0, 0.1) is 17.1 Å². The summed E-state index contributed by atoms with van der Waals surface area (Å²) in [6.45, 7) is -0.701. The van der Waals surface area contributed by atoms with Crippen LogP contribution in [0.4, 0.5) is 19.3 Å². The number of amides is 2. The van der Waals surface area contributed by atoms with Gasteiger partial charge in [0.25, 0.3) is 0 Å². The SMILES string of the molecule is CN(C(=O)C1CC(F)(C#N)CN1C(=O)O)c1ccc(F)c(Cl)c1. The van der Waals surface area contributed by atoms with Crippen LogP contribution in [0.5, 0.6) is 0 Å². The van der Waals surface area contributed by atoms with Gasteiger partial charge in [0.05, 0.1) is 11.6 Å². The van der Waals surface area contributed by atoms with E-state index in [9.17, 15) is 18.4 Å². The fourth-order valence-electron chi connectivity index (χ4n) is 2.41. The summed E-state index contributed by atoms with van der Waals surface area (Å²) in [6, 6.07) is 3.59. The van der Waals surface area contributed by atoms with E-state index in [0.717, 1.165) is 11.0 Å². The first-order chi connectivity index (χ1) is 10.7. The van der Waals surface area contributed by atoms with E-state index < -0.39 is 42.5 Å². The molecular formula is C14H12ClF2N3O3. The predicted octanol–water partition coefficient (Wildman–Crippen LogP) is 2.43. The van der Waals surface area contributed by atoms with Gasteiger partial charge in [-0.25, -0.2) is 13.6 Å². The number of nitrogens with zero attached hydrogens (tertiary/aromatic N) is 3. The Hall–Kier alpha value is -2.40. The molecule has 1 aliphatic heterocycles. The van der Waals surface area contributed by atoms with Crippen molar-refractivity contribution in [3.05, 3.63) is 29.0 Å². The predicted molar refractivity (Wildman–Crippen MR) is 77.4 cm³/mol. The molecule has 0 bridgehead atoms. The number of likely N-dealkylation sites (N-methyl/N-ethyl adjacent to an activating group) is 1. The van der Waals surface area contributed by atoms with Gasteiger partial charge in [-0.15, -0.1) is 0 Å². The van der Waals surface area contributed by atoms with Crippen molar-refractivity contribution < 1.29 is 23.5 Å². The second-order valence-electron chi connectivity index (χ2n) is 5.20. The number of halogens is 3. The summed E-state index contributed by atoms with van der Waals surface area (Å²) in [5.41, 5.74) is -2.19. The lowest BCUT2D eigenvalue weighted by Gasteiger charge is -2.25. The Kier molecular flexibility index (Phi) is 4.43. The number of benzene rings is 1. The monoisotopic (exact) mass is 343 g/mol. The Morgan fingerprint density at radius 1 is 1.57 bits per heavy atom. The molecule has 6 nitrogen and oxygen atoms in total. The topological polar surface area (TPSA) is 84.6 Å². The molecule has 2 unspecified atom stereocenters. The molecule has 1 aromatic rings. The van der Waals surface area contributed by atoms with E-state index in [4.69, 9.17) is 22.0 Å². The van der Waals surface area contributed by atoms with Gasteiger partial charge in [0.1, 0.15) is 17.9 Å². The standard InChI is InChI=1S/C14H12ClF2N3O3/c1-19(8-2-3-10(16)9(15)4-8)12(21)11-5-14(17,6-18)7-20(11)13(22)23/h2-4,11H,5,7H2,1H3,(H,22,23). The minimum atomic E-state index is -2.42. The zero-order chi connectivity index (χ0) is 17.4. The van der Waals surface area contributed by atoms with Crippen LogP contribution in [-0.4, -0.2) is 47.3 Å². The van der Waals surface area contributed by atoms with Crippen LogP contribution >= 0.6 is 11.6 Å². The lowest BCUT2D eigenvalue weighted by Crippen LogP contribution is -2.46. The molecule has 1 saturated heterocycles. The minimum absolute atomic E-state index is 0.208. The molecule has 0 saturated carbocycles. The van der Waals surface area contributed by atoms with Crippen molar-refractivity contribution in [3.63, 3.8) is 0 Å². The smallest absolute Gasteiger partial charge is 0.408 e. The maximum Gasteiger partial charge on any atom is 0.408 e. The molecule has 23 heavy (non-hydrogen) atoms. The van der Waals surface area contributed by atoms with E-state index in [1.165, 1.54) is 25.2 Å². The Morgan fingerprint density at radius 2 is 2.22 bits per heavy atom. The highest BCUT2D eigenvalue weighted by Crippen LogP contribution is 2.32. The average molecular weight is 344 g/mol. The van der Waals surface area contributed by atoms with Gasteiger partial charge in [0.15, 0.2) is 0 Å². The molecule has 1 N–H and O–H groups in total. The molecule has 0 spiro atoms. The number of hydrogen-bond donors (Lipinski definition) is 1. The first kappa shape index (κ1) is 17.0. The van der Waals surface area contributed by atoms with Gasteiger partial charge < -0.3 is 10.0 Å². The molecule has 2 amide bonds. The molecule has 1 aromatic carbocycles. The summed E-state index contributed by atoms with van der Waals surface area (Å²) >= 11 is 5.65. The third-order valence-electron chi connectivity index (χ3n) is 3.67. The summed E-state index contributed by atoms with van der Waals surface area (Å²) in [7, 11) is 1.33. The average Bonchev–Trinajstić information content (AvgIpc) is 2.87. The molecule has 2 atom stereocenters. The molecular weight excluding hydrogens is 332 g/mol. The number of anilines is 1. The number of nitriles is 1. The van der Waals surface area contributed by atoms with Gasteiger partial charge >= 0.3 is 6.09 Å². The quantitative estimate of drug-likeness (QED) is 0.893. The Balaban J connectivity index is 2.29. The number of likely N-dealkylation sites (tertiary alicyclic amines) is 1. The summed E-state index contributed by atoms with van der Waals surface area (Å²) in [6.07, 6.45) is -2.06. The molecule has 0 radical (unpaired) electrons. The number of rotatable bonds is 2. The normalized spacial score (nSPS) is 23.4. The summed E-state index contributed by atoms with van der Waals surface area (Å²) in [5, 5.41) is 17.7. The van der Waals surface area contributed by atoms with Crippen LogP contribution in [0.25, 0.3) is 0 Å². The number of carbonyl (C=O) groups is 2. The molecule has 1 fully saturated rings. The van der Waals surface area contributed by atoms with Gasteiger partial charge in [-0.1, -0.05) is 11.6 Å². The van der Waals surface area contributed by atoms with Crippen LogP contribution in [0.2, 0.25) is 5.02 Å². The van der Waals surface area contributed by atoms with Gasteiger partial charge in [0, 0.05) is 19.2 Å². The van der Waals surface area contributed by atoms with Gasteiger partial charge in [-0.2, -0.15) is 5.26 Å². The highest BCUT2D eigenvalue weighted by molar-refractivity contribution is 6.31. The lowest BCUT2D eigenvalue weighted by atomic mass is 10.0. The number of hydrogen-bond acceptors (Lipinski definition) is 3. The van der Waals surface area contributed by atoms with E-state index in [1.807, 2.05) is 0 Å². The fraction of sp³-hybridized carbons (Fsp3) is 0.357. The number of carbonyl (C=O) groups excluding carboxylic acids is 1. The first-order valence-corrected chi connectivity index (χ1v) is 6.88. The van der Waals surface area contributed by atoms with E-state index in [-0.39, 0.29) is 10.7 Å². The van der Waals surface area contributed by atoms with Crippen molar-refractivity contribution in [2.45, 2.75) is 18.1 Å². The van der Waals surface area contributed by atoms with Gasteiger partial charge in [0.2, 0.25) is 11.6 Å². The molecule has 0 aliphatic carbocycles. The van der Waals surface area contributed by atoms with E-state index in [1.54, 1.807) is 0 Å². The van der Waals surface area contributed by atoms with Gasteiger partial charge in [-0.3, -0.25) is 9.69 Å². The van der Waals surface area contributed by atoms with Crippen LogP contribution in [0.15, 0.2) is 18.2 Å². The van der Waals surface area contributed by atoms with Crippen molar-refractivity contribution in [1.82, 2.24) is 4.90 Å².